The molecule has 0 spiro atoms. The van der Waals surface area contributed by atoms with E-state index in [1.54, 1.807) is 0 Å². The van der Waals surface area contributed by atoms with Gasteiger partial charge >= 0.3 is 0 Å². The van der Waals surface area contributed by atoms with Crippen LogP contribution in [0.2, 0.25) is 0 Å². The molecule has 1 aliphatic rings. The molecule has 0 bridgehead atoms. The third-order valence-electron chi connectivity index (χ3n) is 3.23. The van der Waals surface area contributed by atoms with Crippen molar-refractivity contribution in [2.24, 2.45) is 0 Å². The minimum absolute atomic E-state index is 0.660. The van der Waals surface area contributed by atoms with Crippen molar-refractivity contribution in [3.05, 3.63) is 34.9 Å². The fourth-order valence-electron chi connectivity index (χ4n) is 2.19. The van der Waals surface area contributed by atoms with Gasteiger partial charge in [0.05, 0.1) is 5.60 Å². The molecule has 14 heavy (non-hydrogen) atoms. The van der Waals surface area contributed by atoms with Crippen LogP contribution in [0.5, 0.6) is 0 Å². The van der Waals surface area contributed by atoms with Gasteiger partial charge < -0.3 is 5.11 Å². The first-order valence-corrected chi connectivity index (χ1v) is 5.34. The summed E-state index contributed by atoms with van der Waals surface area (Å²) in [5.74, 6) is 0.660. The molecule has 1 atom stereocenters. The van der Waals surface area contributed by atoms with E-state index in [9.17, 15) is 5.11 Å². The molecule has 0 aromatic heterocycles. The van der Waals surface area contributed by atoms with Crippen molar-refractivity contribution < 1.29 is 5.11 Å². The minimum Gasteiger partial charge on any atom is -0.386 e. The molecule has 1 aliphatic carbocycles. The van der Waals surface area contributed by atoms with E-state index in [1.807, 2.05) is 13.8 Å². The summed E-state index contributed by atoms with van der Waals surface area (Å²) in [5, 5.41) is 9.91. The predicted octanol–water partition coefficient (Wildman–Crippen LogP) is 2.96. The van der Waals surface area contributed by atoms with E-state index in [2.05, 4.69) is 25.1 Å². The van der Waals surface area contributed by atoms with E-state index in [-0.39, 0.29) is 0 Å². The van der Waals surface area contributed by atoms with Gasteiger partial charge in [0.2, 0.25) is 0 Å². The molecule has 2 rings (SSSR count). The standard InChI is InChI=1S/C13H18O/c1-9-4-5-10-6-7-11(8-12(9)10)13(2,3)14/h6-9,14H,4-5H2,1-3H3. The van der Waals surface area contributed by atoms with Crippen LogP contribution in [0.3, 0.4) is 0 Å². The van der Waals surface area contributed by atoms with Crippen molar-refractivity contribution in [2.45, 2.75) is 45.1 Å². The molecule has 1 aromatic rings. The molecule has 1 heteroatoms. The largest absolute Gasteiger partial charge is 0.386 e. The number of fused-ring (bicyclic) bond motifs is 1. The van der Waals surface area contributed by atoms with Crippen LogP contribution in [-0.2, 0) is 12.0 Å². The number of aryl methyl sites for hydroxylation is 1. The highest BCUT2D eigenvalue weighted by Crippen LogP contribution is 2.35. The van der Waals surface area contributed by atoms with Crippen LogP contribution in [0.1, 0.15) is 49.8 Å². The van der Waals surface area contributed by atoms with Gasteiger partial charge in [0.1, 0.15) is 0 Å². The Balaban J connectivity index is 2.45. The van der Waals surface area contributed by atoms with Crippen LogP contribution in [0.25, 0.3) is 0 Å². The second kappa shape index (κ2) is 3.09. The van der Waals surface area contributed by atoms with Gasteiger partial charge in [0, 0.05) is 0 Å². The average molecular weight is 190 g/mol. The molecular formula is C13H18O. The van der Waals surface area contributed by atoms with E-state index in [0.29, 0.717) is 5.92 Å². The minimum atomic E-state index is -0.711. The molecule has 0 saturated carbocycles. The fourth-order valence-corrected chi connectivity index (χ4v) is 2.19. The zero-order chi connectivity index (χ0) is 10.3. The zero-order valence-corrected chi connectivity index (χ0v) is 9.17. The Morgan fingerprint density at radius 3 is 2.71 bits per heavy atom. The first-order valence-electron chi connectivity index (χ1n) is 5.34. The maximum atomic E-state index is 9.91. The Morgan fingerprint density at radius 2 is 2.07 bits per heavy atom. The summed E-state index contributed by atoms with van der Waals surface area (Å²) in [6.45, 7) is 5.95. The van der Waals surface area contributed by atoms with Crippen molar-refractivity contribution in [3.63, 3.8) is 0 Å². The van der Waals surface area contributed by atoms with Crippen LogP contribution >= 0.6 is 0 Å². The Hall–Kier alpha value is -0.820. The molecule has 0 radical (unpaired) electrons. The molecule has 0 fully saturated rings. The van der Waals surface area contributed by atoms with E-state index in [4.69, 9.17) is 0 Å². The van der Waals surface area contributed by atoms with Crippen molar-refractivity contribution in [3.8, 4) is 0 Å². The maximum Gasteiger partial charge on any atom is 0.0840 e. The molecular weight excluding hydrogens is 172 g/mol. The van der Waals surface area contributed by atoms with Gasteiger partial charge in [0.25, 0.3) is 0 Å². The molecule has 76 valence electrons. The second-order valence-corrected chi connectivity index (χ2v) is 4.91. The summed E-state index contributed by atoms with van der Waals surface area (Å²) in [6, 6.07) is 6.40. The normalized spacial score (nSPS) is 21.0. The van der Waals surface area contributed by atoms with E-state index >= 15 is 0 Å². The number of aliphatic hydroxyl groups is 1. The highest BCUT2D eigenvalue weighted by Gasteiger charge is 2.22. The number of benzene rings is 1. The molecule has 1 N–H and O–H groups in total. The summed E-state index contributed by atoms with van der Waals surface area (Å²) in [5.41, 5.74) is 3.22. The highest BCUT2D eigenvalue weighted by molar-refractivity contribution is 5.39. The van der Waals surface area contributed by atoms with Crippen LogP contribution < -0.4 is 0 Å². The SMILES string of the molecule is CC1CCc2ccc(C(C)(C)O)cc21. The lowest BCUT2D eigenvalue weighted by Gasteiger charge is -2.19. The first-order chi connectivity index (χ1) is 6.48. The van der Waals surface area contributed by atoms with Crippen molar-refractivity contribution in [2.75, 3.05) is 0 Å². The van der Waals surface area contributed by atoms with Crippen molar-refractivity contribution >= 4 is 0 Å². The number of rotatable bonds is 1. The van der Waals surface area contributed by atoms with Gasteiger partial charge in [-0.2, -0.15) is 0 Å². The van der Waals surface area contributed by atoms with Crippen LogP contribution in [0.15, 0.2) is 18.2 Å². The highest BCUT2D eigenvalue weighted by atomic mass is 16.3. The van der Waals surface area contributed by atoms with Gasteiger partial charge in [-0.1, -0.05) is 25.1 Å². The summed E-state index contributed by atoms with van der Waals surface area (Å²) >= 11 is 0. The Morgan fingerprint density at radius 1 is 1.36 bits per heavy atom. The summed E-state index contributed by atoms with van der Waals surface area (Å²) in [4.78, 5) is 0. The maximum absolute atomic E-state index is 9.91. The fraction of sp³-hybridized carbons (Fsp3) is 0.538. The third-order valence-corrected chi connectivity index (χ3v) is 3.23. The van der Waals surface area contributed by atoms with Crippen LogP contribution in [0.4, 0.5) is 0 Å². The monoisotopic (exact) mass is 190 g/mol. The van der Waals surface area contributed by atoms with E-state index in [1.165, 1.54) is 24.0 Å². The second-order valence-electron chi connectivity index (χ2n) is 4.91. The van der Waals surface area contributed by atoms with Gasteiger partial charge in [-0.05, 0) is 49.3 Å². The molecule has 0 saturated heterocycles. The third kappa shape index (κ3) is 1.57. The van der Waals surface area contributed by atoms with E-state index in [0.717, 1.165) is 5.56 Å². The Labute approximate surface area is 85.8 Å². The molecule has 1 unspecified atom stereocenters. The lowest BCUT2D eigenvalue weighted by atomic mass is 9.93. The number of hydrogen-bond donors (Lipinski definition) is 1. The van der Waals surface area contributed by atoms with Crippen LogP contribution in [0, 0.1) is 0 Å². The predicted molar refractivity (Wildman–Crippen MR) is 58.4 cm³/mol. The molecule has 1 aromatic carbocycles. The zero-order valence-electron chi connectivity index (χ0n) is 9.17. The molecule has 0 aliphatic heterocycles. The van der Waals surface area contributed by atoms with E-state index < -0.39 is 5.60 Å². The molecule has 0 heterocycles. The topological polar surface area (TPSA) is 20.2 Å². The summed E-state index contributed by atoms with van der Waals surface area (Å²) in [6.07, 6.45) is 2.45. The summed E-state index contributed by atoms with van der Waals surface area (Å²) < 4.78 is 0. The van der Waals surface area contributed by atoms with Crippen molar-refractivity contribution in [1.82, 2.24) is 0 Å². The lowest BCUT2D eigenvalue weighted by Crippen LogP contribution is -2.15. The summed E-state index contributed by atoms with van der Waals surface area (Å²) in [7, 11) is 0. The van der Waals surface area contributed by atoms with Crippen LogP contribution in [-0.4, -0.2) is 5.11 Å². The molecule has 0 amide bonds. The van der Waals surface area contributed by atoms with Gasteiger partial charge in [-0.25, -0.2) is 0 Å². The average Bonchev–Trinajstić information content (AvgIpc) is 2.46. The lowest BCUT2D eigenvalue weighted by molar-refractivity contribution is 0.0785. The molecule has 1 nitrogen and oxygen atoms in total. The quantitative estimate of drug-likeness (QED) is 0.722. The Bertz CT molecular complexity index is 347. The smallest absolute Gasteiger partial charge is 0.0840 e. The Kier molecular flexibility index (Phi) is 2.15. The van der Waals surface area contributed by atoms with Gasteiger partial charge in [0.15, 0.2) is 0 Å². The van der Waals surface area contributed by atoms with Gasteiger partial charge in [-0.15, -0.1) is 0 Å². The van der Waals surface area contributed by atoms with Gasteiger partial charge in [-0.3, -0.25) is 0 Å². The first kappa shape index (κ1) is 9.72. The van der Waals surface area contributed by atoms with Crippen molar-refractivity contribution in [1.29, 1.82) is 0 Å². The number of hydrogen-bond acceptors (Lipinski definition) is 1.